The van der Waals surface area contributed by atoms with Gasteiger partial charge < -0.3 is 4.74 Å². The normalized spacial score (nSPS) is 18.5. The first-order chi connectivity index (χ1) is 7.15. The molecule has 1 aliphatic rings. The minimum Gasteiger partial charge on any atom is -0.469 e. The number of carbonyl (C=O) groups is 1. The fraction of sp³-hybridized carbons (Fsp3) is 0.769. The number of allylic oxidation sites excluding steroid dienone is 2. The van der Waals surface area contributed by atoms with Crippen molar-refractivity contribution in [3.63, 3.8) is 0 Å². The maximum atomic E-state index is 11.6. The molecule has 0 radical (unpaired) electrons. The predicted octanol–water partition coefficient (Wildman–Crippen LogP) is 3.32. The van der Waals surface area contributed by atoms with Crippen LogP contribution in [0.4, 0.5) is 0 Å². The molecule has 0 saturated carbocycles. The summed E-state index contributed by atoms with van der Waals surface area (Å²) in [6.45, 7) is 4.18. The van der Waals surface area contributed by atoms with Crippen LogP contribution in [0, 0.1) is 11.8 Å². The number of esters is 1. The molecule has 0 amide bonds. The van der Waals surface area contributed by atoms with Crippen LogP contribution in [-0.4, -0.2) is 13.1 Å². The summed E-state index contributed by atoms with van der Waals surface area (Å²) in [5.74, 6) is 0.344. The molecule has 1 aliphatic carbocycles. The van der Waals surface area contributed by atoms with Gasteiger partial charge in [0.15, 0.2) is 0 Å². The average molecular weight is 210 g/mol. The minimum atomic E-state index is -0.0588. The molecule has 1 atom stereocenters. The van der Waals surface area contributed by atoms with Crippen LogP contribution < -0.4 is 0 Å². The van der Waals surface area contributed by atoms with Crippen molar-refractivity contribution in [2.45, 2.75) is 46.0 Å². The Morgan fingerprint density at radius 3 is 2.67 bits per heavy atom. The Morgan fingerprint density at radius 2 is 2.20 bits per heavy atom. The fourth-order valence-corrected chi connectivity index (χ4v) is 2.12. The van der Waals surface area contributed by atoms with E-state index in [9.17, 15) is 4.79 Å². The molecule has 1 rings (SSSR count). The molecule has 2 nitrogen and oxygen atoms in total. The molecule has 0 bridgehead atoms. The van der Waals surface area contributed by atoms with Crippen molar-refractivity contribution in [2.75, 3.05) is 7.11 Å². The van der Waals surface area contributed by atoms with Gasteiger partial charge in [0.25, 0.3) is 0 Å². The highest BCUT2D eigenvalue weighted by molar-refractivity contribution is 5.72. The highest BCUT2D eigenvalue weighted by Crippen LogP contribution is 2.27. The number of rotatable bonds is 4. The molecule has 2 heteroatoms. The van der Waals surface area contributed by atoms with Crippen LogP contribution >= 0.6 is 0 Å². The second kappa shape index (κ2) is 5.94. The van der Waals surface area contributed by atoms with Crippen LogP contribution in [0.3, 0.4) is 0 Å². The van der Waals surface area contributed by atoms with Gasteiger partial charge in [-0.2, -0.15) is 0 Å². The Bertz CT molecular complexity index is 241. The molecule has 0 saturated heterocycles. The van der Waals surface area contributed by atoms with Crippen LogP contribution in [0.5, 0.6) is 0 Å². The number of carbonyl (C=O) groups excluding carboxylic acids is 1. The van der Waals surface area contributed by atoms with Crippen molar-refractivity contribution in [2.24, 2.45) is 11.8 Å². The number of methoxy groups -OCH3 is 1. The van der Waals surface area contributed by atoms with E-state index < -0.39 is 0 Å². The van der Waals surface area contributed by atoms with E-state index in [4.69, 9.17) is 4.74 Å². The Balaban J connectivity index is 2.57. The molecule has 86 valence electrons. The summed E-state index contributed by atoms with van der Waals surface area (Å²) < 4.78 is 4.85. The van der Waals surface area contributed by atoms with E-state index in [0.29, 0.717) is 5.92 Å². The SMILES string of the molecule is COC(=O)[C@H](CC1=CCCCC1)C(C)C. The summed E-state index contributed by atoms with van der Waals surface area (Å²) in [5.41, 5.74) is 1.45. The van der Waals surface area contributed by atoms with Crippen LogP contribution in [0.2, 0.25) is 0 Å². The second-order valence-corrected chi connectivity index (χ2v) is 4.69. The van der Waals surface area contributed by atoms with Gasteiger partial charge in [-0.1, -0.05) is 25.5 Å². The first-order valence-electron chi connectivity index (χ1n) is 5.91. The van der Waals surface area contributed by atoms with Crippen molar-refractivity contribution in [1.82, 2.24) is 0 Å². The summed E-state index contributed by atoms with van der Waals surface area (Å²) >= 11 is 0. The monoisotopic (exact) mass is 210 g/mol. The lowest BCUT2D eigenvalue weighted by molar-refractivity contribution is -0.146. The van der Waals surface area contributed by atoms with Gasteiger partial charge in [0.05, 0.1) is 13.0 Å². The number of hydrogen-bond donors (Lipinski definition) is 0. The summed E-state index contributed by atoms with van der Waals surface area (Å²) in [4.78, 5) is 11.6. The zero-order valence-corrected chi connectivity index (χ0v) is 10.1. The first-order valence-corrected chi connectivity index (χ1v) is 5.91. The minimum absolute atomic E-state index is 0.0411. The summed E-state index contributed by atoms with van der Waals surface area (Å²) in [7, 11) is 1.48. The third-order valence-corrected chi connectivity index (χ3v) is 3.18. The van der Waals surface area contributed by atoms with Gasteiger partial charge >= 0.3 is 5.97 Å². The first kappa shape index (κ1) is 12.3. The quantitative estimate of drug-likeness (QED) is 0.525. The van der Waals surface area contributed by atoms with Gasteiger partial charge in [-0.25, -0.2) is 0 Å². The third-order valence-electron chi connectivity index (χ3n) is 3.18. The molecule has 0 aromatic heterocycles. The largest absolute Gasteiger partial charge is 0.469 e. The number of ether oxygens (including phenoxy) is 1. The third kappa shape index (κ3) is 3.69. The number of hydrogen-bond acceptors (Lipinski definition) is 2. The van der Waals surface area contributed by atoms with E-state index in [-0.39, 0.29) is 11.9 Å². The maximum Gasteiger partial charge on any atom is 0.309 e. The van der Waals surface area contributed by atoms with Crippen molar-refractivity contribution < 1.29 is 9.53 Å². The van der Waals surface area contributed by atoms with E-state index in [1.807, 2.05) is 0 Å². The molecular formula is C13H22O2. The predicted molar refractivity (Wildman–Crippen MR) is 61.5 cm³/mol. The van der Waals surface area contributed by atoms with Gasteiger partial charge in [-0.15, -0.1) is 0 Å². The molecule has 0 unspecified atom stereocenters. The highest BCUT2D eigenvalue weighted by Gasteiger charge is 2.24. The molecule has 0 N–H and O–H groups in total. The van der Waals surface area contributed by atoms with E-state index >= 15 is 0 Å². The van der Waals surface area contributed by atoms with Crippen LogP contribution in [0.1, 0.15) is 46.0 Å². The van der Waals surface area contributed by atoms with Crippen LogP contribution in [0.25, 0.3) is 0 Å². The van der Waals surface area contributed by atoms with Gasteiger partial charge in [-0.3, -0.25) is 4.79 Å². The maximum absolute atomic E-state index is 11.6. The molecule has 15 heavy (non-hydrogen) atoms. The zero-order chi connectivity index (χ0) is 11.3. The highest BCUT2D eigenvalue weighted by atomic mass is 16.5. The molecule has 0 spiro atoms. The Hall–Kier alpha value is -0.790. The zero-order valence-electron chi connectivity index (χ0n) is 10.1. The van der Waals surface area contributed by atoms with E-state index in [1.54, 1.807) is 0 Å². The second-order valence-electron chi connectivity index (χ2n) is 4.69. The van der Waals surface area contributed by atoms with Gasteiger partial charge in [-0.05, 0) is 38.0 Å². The smallest absolute Gasteiger partial charge is 0.309 e. The van der Waals surface area contributed by atoms with E-state index in [1.165, 1.54) is 38.4 Å². The van der Waals surface area contributed by atoms with Crippen molar-refractivity contribution >= 4 is 5.97 Å². The Kier molecular flexibility index (Phi) is 4.86. The topological polar surface area (TPSA) is 26.3 Å². The standard InChI is InChI=1S/C13H22O2/c1-10(2)12(13(14)15-3)9-11-7-5-4-6-8-11/h7,10,12H,4-6,8-9H2,1-3H3/t12-/m1/s1. The molecular weight excluding hydrogens is 188 g/mol. The Labute approximate surface area is 92.7 Å². The van der Waals surface area contributed by atoms with Gasteiger partial charge in [0, 0.05) is 0 Å². The fourth-order valence-electron chi connectivity index (χ4n) is 2.12. The van der Waals surface area contributed by atoms with Crippen LogP contribution in [0.15, 0.2) is 11.6 Å². The molecule has 0 aromatic carbocycles. The van der Waals surface area contributed by atoms with Crippen LogP contribution in [-0.2, 0) is 9.53 Å². The molecule has 0 aromatic rings. The van der Waals surface area contributed by atoms with Crippen molar-refractivity contribution in [1.29, 1.82) is 0 Å². The van der Waals surface area contributed by atoms with Gasteiger partial charge in [0.1, 0.15) is 0 Å². The van der Waals surface area contributed by atoms with E-state index in [0.717, 1.165) is 6.42 Å². The molecule has 0 aliphatic heterocycles. The molecule has 0 fully saturated rings. The van der Waals surface area contributed by atoms with E-state index in [2.05, 4.69) is 19.9 Å². The van der Waals surface area contributed by atoms with Crippen molar-refractivity contribution in [3.8, 4) is 0 Å². The summed E-state index contributed by atoms with van der Waals surface area (Å²) in [6.07, 6.45) is 8.12. The molecule has 0 heterocycles. The average Bonchev–Trinajstić information content (AvgIpc) is 2.26. The lowest BCUT2D eigenvalue weighted by Crippen LogP contribution is -2.22. The van der Waals surface area contributed by atoms with Gasteiger partial charge in [0.2, 0.25) is 0 Å². The lowest BCUT2D eigenvalue weighted by Gasteiger charge is -2.21. The summed E-state index contributed by atoms with van der Waals surface area (Å²) in [5, 5.41) is 0. The summed E-state index contributed by atoms with van der Waals surface area (Å²) in [6, 6.07) is 0. The van der Waals surface area contributed by atoms with Crippen molar-refractivity contribution in [3.05, 3.63) is 11.6 Å². The Morgan fingerprint density at radius 1 is 1.47 bits per heavy atom. The lowest BCUT2D eigenvalue weighted by atomic mass is 9.85.